The zero-order valence-electron chi connectivity index (χ0n) is 18.3. The molecule has 9 nitrogen and oxygen atoms in total. The number of hydrogen-bond donors (Lipinski definition) is 1. The predicted molar refractivity (Wildman–Crippen MR) is 121 cm³/mol. The maximum atomic E-state index is 12.6. The molecule has 1 amide bonds. The summed E-state index contributed by atoms with van der Waals surface area (Å²) >= 11 is 1.36. The molecule has 0 unspecified atom stereocenters. The normalized spacial score (nSPS) is 12.2. The van der Waals surface area contributed by atoms with E-state index in [1.54, 1.807) is 13.1 Å². The predicted octanol–water partition coefficient (Wildman–Crippen LogP) is 3.40. The highest BCUT2D eigenvalue weighted by atomic mass is 32.1. The summed E-state index contributed by atoms with van der Waals surface area (Å²) in [5.41, 5.74) is 2.03. The lowest BCUT2D eigenvalue weighted by Gasteiger charge is -2.08. The molecule has 1 N–H and O–H groups in total. The second-order valence-corrected chi connectivity index (χ2v) is 8.34. The van der Waals surface area contributed by atoms with E-state index < -0.39 is 24.5 Å². The first-order valence-electron chi connectivity index (χ1n) is 10.5. The molecule has 2 aromatic heterocycles. The van der Waals surface area contributed by atoms with Gasteiger partial charge in [0.15, 0.2) is 12.4 Å². The van der Waals surface area contributed by atoms with Gasteiger partial charge in [-0.15, -0.1) is 11.3 Å². The van der Waals surface area contributed by atoms with Crippen molar-refractivity contribution in [1.29, 1.82) is 0 Å². The monoisotopic (exact) mass is 469 g/mol. The van der Waals surface area contributed by atoms with E-state index in [2.05, 4.69) is 10.4 Å². The molecule has 0 radical (unpaired) electrons. The molecule has 0 aliphatic heterocycles. The largest absolute Gasteiger partial charge is 0.493 e. The molecule has 0 saturated heterocycles. The lowest BCUT2D eigenvalue weighted by atomic mass is 10.1. The number of fused-ring (bicyclic) bond motifs is 1. The van der Waals surface area contributed by atoms with Crippen LogP contribution in [0.3, 0.4) is 0 Å². The molecule has 1 aliphatic carbocycles. The first-order valence-corrected chi connectivity index (χ1v) is 11.3. The third-order valence-corrected chi connectivity index (χ3v) is 6.31. The number of nitrogens with one attached hydrogen (secondary N) is 1. The van der Waals surface area contributed by atoms with E-state index in [0.717, 1.165) is 35.4 Å². The number of carbonyl (C=O) groups is 3. The van der Waals surface area contributed by atoms with Gasteiger partial charge in [-0.2, -0.15) is 5.10 Å². The molecule has 0 atom stereocenters. The molecule has 0 spiro atoms. The third kappa shape index (κ3) is 4.75. The van der Waals surface area contributed by atoms with E-state index in [0.29, 0.717) is 10.6 Å². The van der Waals surface area contributed by atoms with Crippen molar-refractivity contribution >= 4 is 34.2 Å². The van der Waals surface area contributed by atoms with Crippen LogP contribution >= 0.6 is 11.3 Å². The summed E-state index contributed by atoms with van der Waals surface area (Å²) in [7, 11) is 1.42. The molecule has 0 fully saturated rings. The Kier molecular flexibility index (Phi) is 6.74. The van der Waals surface area contributed by atoms with Gasteiger partial charge in [-0.25, -0.2) is 14.3 Å². The molecule has 172 valence electrons. The van der Waals surface area contributed by atoms with Crippen LogP contribution in [0.2, 0.25) is 0 Å². The Morgan fingerprint density at radius 2 is 1.91 bits per heavy atom. The van der Waals surface area contributed by atoms with Gasteiger partial charge in [0.1, 0.15) is 5.00 Å². The summed E-state index contributed by atoms with van der Waals surface area (Å²) < 4.78 is 17.1. The number of methoxy groups -OCH3 is 1. The molecule has 2 heterocycles. The topological polar surface area (TPSA) is 109 Å². The molecule has 1 aliphatic rings. The number of nitrogens with zero attached hydrogens (tertiary/aromatic N) is 2. The molecular formula is C23H23N3O6S. The van der Waals surface area contributed by atoms with Crippen LogP contribution in [0, 0.1) is 0 Å². The zero-order valence-corrected chi connectivity index (χ0v) is 19.1. The van der Waals surface area contributed by atoms with E-state index in [-0.39, 0.29) is 18.1 Å². The second-order valence-electron chi connectivity index (χ2n) is 7.23. The van der Waals surface area contributed by atoms with Crippen LogP contribution < -0.4 is 10.1 Å². The lowest BCUT2D eigenvalue weighted by Crippen LogP contribution is -2.22. The van der Waals surface area contributed by atoms with Gasteiger partial charge in [-0.1, -0.05) is 18.2 Å². The maximum Gasteiger partial charge on any atom is 0.363 e. The van der Waals surface area contributed by atoms with Gasteiger partial charge in [-0.3, -0.25) is 4.79 Å². The van der Waals surface area contributed by atoms with Crippen LogP contribution in [-0.2, 0) is 27.1 Å². The van der Waals surface area contributed by atoms with Crippen molar-refractivity contribution < 1.29 is 28.6 Å². The van der Waals surface area contributed by atoms with E-state index in [9.17, 15) is 14.4 Å². The quantitative estimate of drug-likeness (QED) is 0.504. The Hall–Kier alpha value is -3.66. The number of benzene rings is 1. The van der Waals surface area contributed by atoms with E-state index >= 15 is 0 Å². The molecule has 3 aromatic rings. The summed E-state index contributed by atoms with van der Waals surface area (Å²) in [5, 5.41) is 7.34. The van der Waals surface area contributed by atoms with Gasteiger partial charge in [0.25, 0.3) is 5.91 Å². The van der Waals surface area contributed by atoms with Crippen LogP contribution in [0.25, 0.3) is 5.69 Å². The Labute approximate surface area is 194 Å². The molecule has 4 rings (SSSR count). The standard InChI is InChI=1S/C23H23N3O6S/c1-3-31-22(28)19-15-10-7-11-17(15)33-21(19)24-18(27)13-32-23(29)20-16(30-2)12-26(25-20)14-8-5-4-6-9-14/h4-6,8-9,12H,3,7,10-11,13H2,1-2H3,(H,24,27). The maximum absolute atomic E-state index is 12.6. The molecular weight excluding hydrogens is 446 g/mol. The Morgan fingerprint density at radius 3 is 2.64 bits per heavy atom. The Balaban J connectivity index is 1.43. The van der Waals surface area contributed by atoms with Crippen molar-refractivity contribution in [3.63, 3.8) is 0 Å². The van der Waals surface area contributed by atoms with Crippen LogP contribution in [0.4, 0.5) is 5.00 Å². The van der Waals surface area contributed by atoms with Gasteiger partial charge in [0, 0.05) is 4.88 Å². The second kappa shape index (κ2) is 9.86. The van der Waals surface area contributed by atoms with Crippen molar-refractivity contribution in [3.8, 4) is 11.4 Å². The highest BCUT2D eigenvalue weighted by molar-refractivity contribution is 7.17. The van der Waals surface area contributed by atoms with Crippen LogP contribution in [-0.4, -0.2) is 47.9 Å². The number of carbonyl (C=O) groups excluding carboxylic acids is 3. The highest BCUT2D eigenvalue weighted by Gasteiger charge is 2.28. The zero-order chi connectivity index (χ0) is 23.4. The number of esters is 2. The number of para-hydroxylation sites is 1. The highest BCUT2D eigenvalue weighted by Crippen LogP contribution is 2.39. The van der Waals surface area contributed by atoms with Gasteiger partial charge >= 0.3 is 11.9 Å². The summed E-state index contributed by atoms with van der Waals surface area (Å²) in [4.78, 5) is 38.6. The molecule has 0 bridgehead atoms. The van der Waals surface area contributed by atoms with Crippen LogP contribution in [0.5, 0.6) is 5.75 Å². The lowest BCUT2D eigenvalue weighted by molar-refractivity contribution is -0.119. The van der Waals surface area contributed by atoms with E-state index in [1.165, 1.54) is 23.1 Å². The SMILES string of the molecule is CCOC(=O)c1c(NC(=O)COC(=O)c2nn(-c3ccccc3)cc2OC)sc2c1CCC2. The third-order valence-electron chi connectivity index (χ3n) is 5.10. The molecule has 10 heteroatoms. The van der Waals surface area contributed by atoms with Crippen molar-refractivity contribution in [2.24, 2.45) is 0 Å². The fraction of sp³-hybridized carbons (Fsp3) is 0.304. The Morgan fingerprint density at radius 1 is 1.12 bits per heavy atom. The van der Waals surface area contributed by atoms with Crippen LogP contribution in [0.1, 0.15) is 44.6 Å². The van der Waals surface area contributed by atoms with Crippen molar-refractivity contribution in [2.75, 3.05) is 25.6 Å². The minimum atomic E-state index is -0.795. The van der Waals surface area contributed by atoms with Gasteiger partial charge in [0.05, 0.1) is 31.2 Å². The van der Waals surface area contributed by atoms with E-state index in [1.807, 2.05) is 30.3 Å². The number of hydrogen-bond acceptors (Lipinski definition) is 8. The first kappa shape index (κ1) is 22.5. The van der Waals surface area contributed by atoms with Crippen molar-refractivity contribution in [2.45, 2.75) is 26.2 Å². The summed E-state index contributed by atoms with van der Waals surface area (Å²) in [6.45, 7) is 1.44. The fourth-order valence-corrected chi connectivity index (χ4v) is 4.93. The minimum Gasteiger partial charge on any atom is -0.493 e. The number of amides is 1. The summed E-state index contributed by atoms with van der Waals surface area (Å²) in [5.74, 6) is -1.59. The van der Waals surface area contributed by atoms with Crippen LogP contribution in [0.15, 0.2) is 36.5 Å². The first-order chi connectivity index (χ1) is 16.0. The number of thiophene rings is 1. The number of aryl methyl sites for hydroxylation is 1. The Bertz CT molecular complexity index is 1180. The number of ether oxygens (including phenoxy) is 3. The summed E-state index contributed by atoms with van der Waals surface area (Å²) in [6, 6.07) is 9.21. The van der Waals surface area contributed by atoms with Crippen molar-refractivity contribution in [1.82, 2.24) is 9.78 Å². The summed E-state index contributed by atoms with van der Waals surface area (Å²) in [6.07, 6.45) is 4.16. The number of anilines is 1. The molecule has 1 aromatic carbocycles. The minimum absolute atomic E-state index is 0.0449. The van der Waals surface area contributed by atoms with Gasteiger partial charge in [-0.05, 0) is 43.9 Å². The number of aromatic nitrogens is 2. The molecule has 33 heavy (non-hydrogen) atoms. The number of rotatable bonds is 8. The molecule has 0 saturated carbocycles. The van der Waals surface area contributed by atoms with Crippen molar-refractivity contribution in [3.05, 3.63) is 58.2 Å². The van der Waals surface area contributed by atoms with Gasteiger partial charge in [0.2, 0.25) is 5.69 Å². The van der Waals surface area contributed by atoms with Gasteiger partial charge < -0.3 is 19.5 Å². The van der Waals surface area contributed by atoms with E-state index in [4.69, 9.17) is 14.2 Å². The average Bonchev–Trinajstić information content (AvgIpc) is 3.52. The smallest absolute Gasteiger partial charge is 0.363 e. The fourth-order valence-electron chi connectivity index (χ4n) is 3.64. The average molecular weight is 470 g/mol.